The maximum Gasteiger partial charge on any atom is 0.120 e. The molecule has 0 amide bonds. The Kier molecular flexibility index (Phi) is 2.76. The van der Waals surface area contributed by atoms with Crippen LogP contribution < -0.4 is 4.90 Å². The molecule has 0 saturated carbocycles. The number of aliphatic hydroxyl groups is 1. The summed E-state index contributed by atoms with van der Waals surface area (Å²) in [5.41, 5.74) is 1.06. The van der Waals surface area contributed by atoms with Gasteiger partial charge in [0.2, 0.25) is 0 Å². The number of aliphatic hydroxyl groups excluding tert-OH is 1. The van der Waals surface area contributed by atoms with Gasteiger partial charge in [-0.1, -0.05) is 19.1 Å². The van der Waals surface area contributed by atoms with Crippen molar-refractivity contribution in [3.05, 3.63) is 24.3 Å². The summed E-state index contributed by atoms with van der Waals surface area (Å²) in [4.78, 5) is 2.27. The number of benzene rings is 1. The number of rotatable bonds is 1. The largest absolute Gasteiger partial charge is 0.391 e. The topological polar surface area (TPSA) is 36.4 Å². The highest BCUT2D eigenvalue weighted by Crippen LogP contribution is 2.33. The van der Waals surface area contributed by atoms with Gasteiger partial charge in [-0.25, -0.2) is 0 Å². The molecule has 2 unspecified atom stereocenters. The Labute approximate surface area is 105 Å². The summed E-state index contributed by atoms with van der Waals surface area (Å²) >= 11 is 1.54. The van der Waals surface area contributed by atoms with Crippen LogP contribution in [0.1, 0.15) is 13.3 Å². The molecule has 2 heterocycles. The van der Waals surface area contributed by atoms with Crippen LogP contribution in [0.5, 0.6) is 0 Å². The molecule has 1 N–H and O–H groups in total. The smallest absolute Gasteiger partial charge is 0.120 e. The van der Waals surface area contributed by atoms with Crippen LogP contribution >= 0.6 is 11.5 Å². The molecular formula is C13H16N2OS. The Morgan fingerprint density at radius 2 is 2.24 bits per heavy atom. The van der Waals surface area contributed by atoms with E-state index in [0.717, 1.165) is 25.0 Å². The van der Waals surface area contributed by atoms with Crippen LogP contribution in [0.4, 0.5) is 5.00 Å². The van der Waals surface area contributed by atoms with Gasteiger partial charge in [-0.05, 0) is 36.0 Å². The van der Waals surface area contributed by atoms with E-state index in [9.17, 15) is 5.11 Å². The molecule has 1 saturated heterocycles. The van der Waals surface area contributed by atoms with Gasteiger partial charge in [0.25, 0.3) is 0 Å². The molecule has 4 heteroatoms. The van der Waals surface area contributed by atoms with Crippen LogP contribution in [0.2, 0.25) is 0 Å². The Balaban J connectivity index is 1.94. The SMILES string of the molecule is CC1CCN(c2snc3ccccc23)CC1O. The molecule has 17 heavy (non-hydrogen) atoms. The summed E-state index contributed by atoms with van der Waals surface area (Å²) in [5.74, 6) is 0.408. The molecule has 0 radical (unpaired) electrons. The fourth-order valence-electron chi connectivity index (χ4n) is 2.34. The zero-order valence-corrected chi connectivity index (χ0v) is 10.7. The quantitative estimate of drug-likeness (QED) is 0.842. The van der Waals surface area contributed by atoms with Crippen molar-refractivity contribution in [2.24, 2.45) is 5.92 Å². The molecule has 1 aliphatic rings. The van der Waals surface area contributed by atoms with E-state index in [-0.39, 0.29) is 6.10 Å². The highest BCUT2D eigenvalue weighted by atomic mass is 32.1. The zero-order valence-electron chi connectivity index (χ0n) is 9.84. The van der Waals surface area contributed by atoms with Crippen LogP contribution in [0.25, 0.3) is 10.9 Å². The first-order chi connectivity index (χ1) is 8.25. The van der Waals surface area contributed by atoms with Gasteiger partial charge in [-0.15, -0.1) is 0 Å². The van der Waals surface area contributed by atoms with Crippen molar-refractivity contribution < 1.29 is 5.11 Å². The highest BCUT2D eigenvalue weighted by Gasteiger charge is 2.26. The second-order valence-corrected chi connectivity index (χ2v) is 5.54. The second kappa shape index (κ2) is 4.27. The van der Waals surface area contributed by atoms with Gasteiger partial charge in [0.1, 0.15) is 5.00 Å². The normalized spacial score (nSPS) is 25.4. The maximum atomic E-state index is 9.96. The Morgan fingerprint density at radius 1 is 1.41 bits per heavy atom. The molecule has 1 fully saturated rings. The van der Waals surface area contributed by atoms with Crippen molar-refractivity contribution in [1.29, 1.82) is 0 Å². The average molecular weight is 248 g/mol. The standard InChI is InChI=1S/C13H16N2OS/c1-9-6-7-15(8-12(9)16)13-10-4-2-3-5-11(10)14-17-13/h2-5,9,12,16H,6-8H2,1H3. The Morgan fingerprint density at radius 3 is 3.06 bits per heavy atom. The summed E-state index contributed by atoms with van der Waals surface area (Å²) in [6.07, 6.45) is 0.831. The van der Waals surface area contributed by atoms with Crippen LogP contribution in [0, 0.1) is 5.92 Å². The Bertz CT molecular complexity index is 525. The lowest BCUT2D eigenvalue weighted by Gasteiger charge is -2.34. The van der Waals surface area contributed by atoms with E-state index in [1.165, 1.54) is 21.9 Å². The van der Waals surface area contributed by atoms with Crippen LogP contribution in [0.15, 0.2) is 24.3 Å². The van der Waals surface area contributed by atoms with Gasteiger partial charge >= 0.3 is 0 Å². The number of fused-ring (bicyclic) bond motifs is 1. The first-order valence-corrected chi connectivity index (χ1v) is 6.80. The third kappa shape index (κ3) is 1.91. The minimum Gasteiger partial charge on any atom is -0.391 e. The van der Waals surface area contributed by atoms with E-state index < -0.39 is 0 Å². The predicted molar refractivity (Wildman–Crippen MR) is 71.6 cm³/mol. The van der Waals surface area contributed by atoms with E-state index in [2.05, 4.69) is 22.3 Å². The van der Waals surface area contributed by atoms with Crippen molar-refractivity contribution in [2.75, 3.05) is 18.0 Å². The first-order valence-electron chi connectivity index (χ1n) is 6.03. The minimum atomic E-state index is -0.218. The monoisotopic (exact) mass is 248 g/mol. The average Bonchev–Trinajstić information content (AvgIpc) is 2.76. The van der Waals surface area contributed by atoms with Crippen molar-refractivity contribution in [2.45, 2.75) is 19.4 Å². The summed E-state index contributed by atoms with van der Waals surface area (Å²) in [7, 11) is 0. The number of hydrogen-bond donors (Lipinski definition) is 1. The first kappa shape index (κ1) is 11.0. The summed E-state index contributed by atoms with van der Waals surface area (Å²) in [6.45, 7) is 3.87. The predicted octanol–water partition coefficient (Wildman–Crippen LogP) is 2.50. The lowest BCUT2D eigenvalue weighted by atomic mass is 9.96. The van der Waals surface area contributed by atoms with E-state index in [4.69, 9.17) is 0 Å². The van der Waals surface area contributed by atoms with Gasteiger partial charge in [0, 0.05) is 18.5 Å². The molecule has 1 aromatic heterocycles. The number of aromatic nitrogens is 1. The molecule has 0 aliphatic carbocycles. The summed E-state index contributed by atoms with van der Waals surface area (Å²) in [6, 6.07) is 8.21. The number of piperidine rings is 1. The number of nitrogens with zero attached hydrogens (tertiary/aromatic N) is 2. The van der Waals surface area contributed by atoms with Crippen LogP contribution in [-0.4, -0.2) is 28.7 Å². The molecule has 90 valence electrons. The number of β-amino-alcohol motifs (C(OH)–C–C–N with tert-alkyl or cyclic N) is 1. The molecule has 3 rings (SSSR count). The molecule has 2 atom stereocenters. The number of anilines is 1. The fourth-order valence-corrected chi connectivity index (χ4v) is 3.23. The van der Waals surface area contributed by atoms with Crippen LogP contribution in [-0.2, 0) is 0 Å². The van der Waals surface area contributed by atoms with Gasteiger partial charge in [-0.2, -0.15) is 4.37 Å². The molecule has 0 spiro atoms. The molecule has 3 nitrogen and oxygen atoms in total. The van der Waals surface area contributed by atoms with Crippen molar-refractivity contribution >= 4 is 27.4 Å². The summed E-state index contributed by atoms with van der Waals surface area (Å²) in [5, 5.41) is 12.4. The molecule has 2 aromatic rings. The molecule has 1 aromatic carbocycles. The highest BCUT2D eigenvalue weighted by molar-refractivity contribution is 7.11. The van der Waals surface area contributed by atoms with Crippen molar-refractivity contribution in [3.8, 4) is 0 Å². The lowest BCUT2D eigenvalue weighted by Crippen LogP contribution is -2.42. The van der Waals surface area contributed by atoms with Crippen molar-refractivity contribution in [3.63, 3.8) is 0 Å². The molecule has 0 bridgehead atoms. The van der Waals surface area contributed by atoms with Crippen LogP contribution in [0.3, 0.4) is 0 Å². The van der Waals surface area contributed by atoms with E-state index in [1.54, 1.807) is 0 Å². The number of hydrogen-bond acceptors (Lipinski definition) is 4. The van der Waals surface area contributed by atoms with Gasteiger partial charge in [0.15, 0.2) is 0 Å². The lowest BCUT2D eigenvalue weighted by molar-refractivity contribution is 0.103. The van der Waals surface area contributed by atoms with E-state index >= 15 is 0 Å². The third-order valence-electron chi connectivity index (χ3n) is 3.57. The van der Waals surface area contributed by atoms with Gasteiger partial charge in [-0.3, -0.25) is 0 Å². The van der Waals surface area contributed by atoms with E-state index in [1.807, 2.05) is 18.2 Å². The second-order valence-electron chi connectivity index (χ2n) is 4.78. The van der Waals surface area contributed by atoms with E-state index in [0.29, 0.717) is 5.92 Å². The van der Waals surface area contributed by atoms with Gasteiger partial charge in [0.05, 0.1) is 11.6 Å². The third-order valence-corrected chi connectivity index (χ3v) is 4.51. The fraction of sp³-hybridized carbons (Fsp3) is 0.462. The zero-order chi connectivity index (χ0) is 11.8. The Hall–Kier alpha value is -1.13. The minimum absolute atomic E-state index is 0.218. The summed E-state index contributed by atoms with van der Waals surface area (Å²) < 4.78 is 4.46. The van der Waals surface area contributed by atoms with Crippen molar-refractivity contribution in [1.82, 2.24) is 4.37 Å². The molecule has 1 aliphatic heterocycles. The maximum absolute atomic E-state index is 9.96. The molecular weight excluding hydrogens is 232 g/mol. The van der Waals surface area contributed by atoms with Gasteiger partial charge < -0.3 is 10.0 Å².